The molecule has 0 aliphatic carbocycles. The molecule has 1 aromatic carbocycles. The molecule has 0 aliphatic heterocycles. The van der Waals surface area contributed by atoms with Gasteiger partial charge in [-0.05, 0) is 12.5 Å². The lowest BCUT2D eigenvalue weighted by Gasteiger charge is -2.04. The summed E-state index contributed by atoms with van der Waals surface area (Å²) in [5, 5.41) is 3.37. The fourth-order valence-corrected chi connectivity index (χ4v) is 1.45. The largest absolute Gasteiger partial charge is 0.385 e. The summed E-state index contributed by atoms with van der Waals surface area (Å²) in [6.45, 7) is 3.32. The van der Waals surface area contributed by atoms with Crippen LogP contribution in [0.15, 0.2) is 24.3 Å². The Morgan fingerprint density at radius 1 is 1.14 bits per heavy atom. The maximum Gasteiger partial charge on any atom is 0.0420 e. The van der Waals surface area contributed by atoms with Crippen LogP contribution in [0.4, 0.5) is 5.69 Å². The van der Waals surface area contributed by atoms with Crippen LogP contribution in [0.3, 0.4) is 0 Å². The highest BCUT2D eigenvalue weighted by Crippen LogP contribution is 2.06. The first-order valence-electron chi connectivity index (χ1n) is 5.64. The number of hydrogen-bond donors (Lipinski definition) is 1. The van der Waals surface area contributed by atoms with Crippen LogP contribution in [0.25, 0.3) is 0 Å². The molecule has 0 saturated heterocycles. The molecule has 0 unspecified atom stereocenters. The Morgan fingerprint density at radius 3 is 2.71 bits per heavy atom. The molecule has 0 aliphatic rings. The van der Waals surface area contributed by atoms with Gasteiger partial charge in [0.05, 0.1) is 0 Å². The predicted octanol–water partition coefficient (Wildman–Crippen LogP) is 3.87. The molecule has 0 bridgehead atoms. The molecule has 0 spiro atoms. The van der Waals surface area contributed by atoms with Crippen molar-refractivity contribution in [3.05, 3.63) is 30.3 Å². The predicted molar refractivity (Wildman–Crippen MR) is 62.5 cm³/mol. The lowest BCUT2D eigenvalue weighted by atomic mass is 10.1. The van der Waals surface area contributed by atoms with E-state index in [2.05, 4.69) is 24.4 Å². The molecule has 0 aromatic heterocycles. The van der Waals surface area contributed by atoms with Crippen LogP contribution in [-0.2, 0) is 0 Å². The van der Waals surface area contributed by atoms with Gasteiger partial charge in [0.15, 0.2) is 0 Å². The van der Waals surface area contributed by atoms with E-state index in [0.717, 1.165) is 12.2 Å². The molecule has 0 saturated carbocycles. The molecule has 77 valence electrons. The van der Waals surface area contributed by atoms with Gasteiger partial charge in [0.25, 0.3) is 0 Å². The van der Waals surface area contributed by atoms with E-state index >= 15 is 0 Å². The summed E-state index contributed by atoms with van der Waals surface area (Å²) in [4.78, 5) is 0. The van der Waals surface area contributed by atoms with Gasteiger partial charge in [0, 0.05) is 18.3 Å². The summed E-state index contributed by atoms with van der Waals surface area (Å²) in [6.07, 6.45) is 6.67. The van der Waals surface area contributed by atoms with E-state index in [1.165, 1.54) is 32.1 Å². The van der Waals surface area contributed by atoms with Crippen molar-refractivity contribution in [3.63, 3.8) is 0 Å². The Bertz CT molecular complexity index is 218. The van der Waals surface area contributed by atoms with E-state index in [-0.39, 0.29) is 0 Å². The zero-order valence-corrected chi connectivity index (χ0v) is 9.05. The minimum atomic E-state index is 1.07. The third-order valence-electron chi connectivity index (χ3n) is 2.30. The van der Waals surface area contributed by atoms with Gasteiger partial charge in [0.2, 0.25) is 0 Å². The van der Waals surface area contributed by atoms with Crippen molar-refractivity contribution < 1.29 is 0 Å². The summed E-state index contributed by atoms with van der Waals surface area (Å²) >= 11 is 0. The van der Waals surface area contributed by atoms with Gasteiger partial charge in [0.1, 0.15) is 0 Å². The highest BCUT2D eigenvalue weighted by Gasteiger charge is 1.90. The summed E-state index contributed by atoms with van der Waals surface area (Å²) in [6, 6.07) is 11.2. The van der Waals surface area contributed by atoms with Gasteiger partial charge in [-0.25, -0.2) is 0 Å². The number of hydrogen-bond acceptors (Lipinski definition) is 1. The zero-order valence-electron chi connectivity index (χ0n) is 9.05. The first-order valence-corrected chi connectivity index (χ1v) is 5.64. The van der Waals surface area contributed by atoms with E-state index in [1.807, 2.05) is 18.2 Å². The maximum absolute atomic E-state index is 3.37. The number of rotatable bonds is 7. The molecule has 1 heteroatoms. The molecular weight excluding hydrogens is 170 g/mol. The van der Waals surface area contributed by atoms with Gasteiger partial charge < -0.3 is 5.32 Å². The Kier molecular flexibility index (Phi) is 5.89. The van der Waals surface area contributed by atoms with Gasteiger partial charge in [-0.2, -0.15) is 0 Å². The summed E-state index contributed by atoms with van der Waals surface area (Å²) in [5.41, 5.74) is 1.11. The molecule has 0 fully saturated rings. The van der Waals surface area contributed by atoms with Crippen LogP contribution in [0, 0.1) is 6.07 Å². The van der Waals surface area contributed by atoms with E-state index in [1.54, 1.807) is 0 Å². The van der Waals surface area contributed by atoms with Crippen LogP contribution < -0.4 is 5.32 Å². The van der Waals surface area contributed by atoms with Crippen molar-refractivity contribution in [3.8, 4) is 0 Å². The highest BCUT2D eigenvalue weighted by molar-refractivity contribution is 5.40. The summed E-state index contributed by atoms with van der Waals surface area (Å²) in [7, 11) is 0. The lowest BCUT2D eigenvalue weighted by molar-refractivity contribution is 0.645. The summed E-state index contributed by atoms with van der Waals surface area (Å²) < 4.78 is 0. The third-order valence-corrected chi connectivity index (χ3v) is 2.30. The Morgan fingerprint density at radius 2 is 2.00 bits per heavy atom. The molecule has 0 amide bonds. The van der Waals surface area contributed by atoms with E-state index in [0.29, 0.717) is 0 Å². The smallest absolute Gasteiger partial charge is 0.0420 e. The van der Waals surface area contributed by atoms with Crippen molar-refractivity contribution in [1.82, 2.24) is 0 Å². The van der Waals surface area contributed by atoms with Gasteiger partial charge in [-0.1, -0.05) is 50.8 Å². The standard InChI is InChI=1S/C13H20N/c1-2-3-4-5-9-12-14-13-10-7-6-8-11-13/h6-8,10,14H,2-5,9,12H2,1H3. The molecule has 1 N–H and O–H groups in total. The van der Waals surface area contributed by atoms with E-state index in [9.17, 15) is 0 Å². The molecule has 1 rings (SSSR count). The van der Waals surface area contributed by atoms with E-state index in [4.69, 9.17) is 0 Å². The first-order chi connectivity index (χ1) is 6.93. The van der Waals surface area contributed by atoms with Crippen LogP contribution in [0.2, 0.25) is 0 Å². The minimum Gasteiger partial charge on any atom is -0.385 e. The van der Waals surface area contributed by atoms with Crippen molar-refractivity contribution in [2.75, 3.05) is 11.9 Å². The SMILES string of the molecule is CCCCCCCNc1[c]cccc1. The quantitative estimate of drug-likeness (QED) is 0.644. The van der Waals surface area contributed by atoms with Gasteiger partial charge >= 0.3 is 0 Å². The summed E-state index contributed by atoms with van der Waals surface area (Å²) in [5.74, 6) is 0. The van der Waals surface area contributed by atoms with Crippen LogP contribution in [0.1, 0.15) is 39.0 Å². The molecular formula is C13H20N. The monoisotopic (exact) mass is 190 g/mol. The first kappa shape index (κ1) is 11.1. The molecule has 1 nitrogen and oxygen atoms in total. The lowest BCUT2D eigenvalue weighted by Crippen LogP contribution is -2.00. The van der Waals surface area contributed by atoms with Crippen molar-refractivity contribution >= 4 is 5.69 Å². The fourth-order valence-electron chi connectivity index (χ4n) is 1.45. The van der Waals surface area contributed by atoms with Gasteiger partial charge in [-0.15, -0.1) is 0 Å². The van der Waals surface area contributed by atoms with E-state index < -0.39 is 0 Å². The Hall–Kier alpha value is -0.980. The molecule has 14 heavy (non-hydrogen) atoms. The second kappa shape index (κ2) is 7.43. The van der Waals surface area contributed by atoms with Crippen molar-refractivity contribution in [1.29, 1.82) is 0 Å². The Labute approximate surface area is 87.5 Å². The molecule has 1 radical (unpaired) electrons. The van der Waals surface area contributed by atoms with Gasteiger partial charge in [-0.3, -0.25) is 0 Å². The van der Waals surface area contributed by atoms with Crippen LogP contribution in [-0.4, -0.2) is 6.54 Å². The molecule has 0 atom stereocenters. The topological polar surface area (TPSA) is 12.0 Å². The van der Waals surface area contributed by atoms with Crippen LogP contribution in [0.5, 0.6) is 0 Å². The number of anilines is 1. The Balaban J connectivity index is 1.99. The van der Waals surface area contributed by atoms with Crippen molar-refractivity contribution in [2.45, 2.75) is 39.0 Å². The second-order valence-electron chi connectivity index (χ2n) is 3.62. The average Bonchev–Trinajstić information content (AvgIpc) is 2.25. The maximum atomic E-state index is 3.37. The number of benzene rings is 1. The number of para-hydroxylation sites is 1. The normalized spacial score (nSPS) is 10.1. The minimum absolute atomic E-state index is 1.07. The van der Waals surface area contributed by atoms with Crippen molar-refractivity contribution in [2.24, 2.45) is 0 Å². The molecule has 1 aromatic rings. The van der Waals surface area contributed by atoms with Crippen LogP contribution >= 0.6 is 0 Å². The number of nitrogens with one attached hydrogen (secondary N) is 1. The zero-order chi connectivity index (χ0) is 10.1. The highest BCUT2D eigenvalue weighted by atomic mass is 14.9. The fraction of sp³-hybridized carbons (Fsp3) is 0.538. The average molecular weight is 190 g/mol. The molecule has 0 heterocycles. The third kappa shape index (κ3) is 4.90. The second-order valence-corrected chi connectivity index (χ2v) is 3.62. The number of unbranched alkanes of at least 4 members (excludes halogenated alkanes) is 4.